The normalized spacial score (nSPS) is 22.1. The van der Waals surface area contributed by atoms with Crippen LogP contribution in [0.3, 0.4) is 0 Å². The van der Waals surface area contributed by atoms with Gasteiger partial charge in [0, 0.05) is 37.3 Å². The van der Waals surface area contributed by atoms with E-state index in [1.807, 2.05) is 24.3 Å². The predicted octanol–water partition coefficient (Wildman–Crippen LogP) is 0.639. The third-order valence-electron chi connectivity index (χ3n) is 3.85. The third-order valence-corrected chi connectivity index (χ3v) is 3.85. The maximum atomic E-state index is 12.7. The van der Waals surface area contributed by atoms with Crippen LogP contribution in [-0.4, -0.2) is 53.2 Å². The molecule has 0 saturated carbocycles. The first kappa shape index (κ1) is 13.0. The number of hydrogen-bond donors (Lipinski definition) is 2. The van der Waals surface area contributed by atoms with Gasteiger partial charge in [-0.25, -0.2) is 0 Å². The van der Waals surface area contributed by atoms with Crippen LogP contribution in [0.2, 0.25) is 0 Å². The number of benzene rings is 1. The molecule has 1 fully saturated rings. The van der Waals surface area contributed by atoms with Gasteiger partial charge in [-0.2, -0.15) is 0 Å². The second-order valence-electron chi connectivity index (χ2n) is 5.08. The molecule has 1 aliphatic heterocycles. The minimum Gasteiger partial charge on any atom is -0.390 e. The van der Waals surface area contributed by atoms with Crippen LogP contribution in [0.25, 0.3) is 10.9 Å². The Kier molecular flexibility index (Phi) is 3.38. The highest BCUT2D eigenvalue weighted by Crippen LogP contribution is 2.19. The lowest BCUT2D eigenvalue weighted by molar-refractivity contribution is 0.0583. The molecule has 0 spiro atoms. The lowest BCUT2D eigenvalue weighted by Gasteiger charge is -2.26. The second-order valence-corrected chi connectivity index (χ2v) is 5.08. The summed E-state index contributed by atoms with van der Waals surface area (Å²) >= 11 is 0. The molecule has 0 bridgehead atoms. The minimum atomic E-state index is -0.517. The summed E-state index contributed by atoms with van der Waals surface area (Å²) in [5, 5.41) is 13.8. The highest BCUT2D eigenvalue weighted by atomic mass is 16.3. The van der Waals surface area contributed by atoms with E-state index in [0.29, 0.717) is 18.7 Å². The van der Waals surface area contributed by atoms with Crippen LogP contribution in [0.5, 0.6) is 0 Å². The Balaban J connectivity index is 1.96. The Morgan fingerprint density at radius 2 is 2.20 bits per heavy atom. The van der Waals surface area contributed by atoms with Gasteiger partial charge in [-0.15, -0.1) is 0 Å². The number of nitrogens with one attached hydrogen (secondary N) is 1. The first-order valence-electron chi connectivity index (χ1n) is 6.68. The SMILES string of the molecule is CN(C(=O)c1cccc2ncccc12)[C@H]1CNC[C@@H]1O. The van der Waals surface area contributed by atoms with Gasteiger partial charge in [-0.05, 0) is 18.2 Å². The van der Waals surface area contributed by atoms with E-state index >= 15 is 0 Å². The van der Waals surface area contributed by atoms with Gasteiger partial charge in [0.25, 0.3) is 5.91 Å². The van der Waals surface area contributed by atoms with E-state index < -0.39 is 6.10 Å². The van der Waals surface area contributed by atoms with Crippen LogP contribution in [0.4, 0.5) is 0 Å². The summed E-state index contributed by atoms with van der Waals surface area (Å²) in [7, 11) is 1.73. The average Bonchev–Trinajstić information content (AvgIpc) is 2.91. The number of rotatable bonds is 2. The number of amides is 1. The van der Waals surface area contributed by atoms with Crippen molar-refractivity contribution in [2.75, 3.05) is 20.1 Å². The number of nitrogens with zero attached hydrogens (tertiary/aromatic N) is 2. The number of aliphatic hydroxyl groups is 1. The number of carbonyl (C=O) groups is 1. The average molecular weight is 271 g/mol. The van der Waals surface area contributed by atoms with Gasteiger partial charge in [0.05, 0.1) is 17.7 Å². The van der Waals surface area contributed by atoms with Crippen molar-refractivity contribution in [3.8, 4) is 0 Å². The number of fused-ring (bicyclic) bond motifs is 1. The summed E-state index contributed by atoms with van der Waals surface area (Å²) in [5.74, 6) is -0.0867. The van der Waals surface area contributed by atoms with Gasteiger partial charge in [0.1, 0.15) is 0 Å². The standard InChI is InChI=1S/C15H17N3O2/c1-18(13-8-16-9-14(13)19)15(20)11-4-2-6-12-10(11)5-3-7-17-12/h2-7,13-14,16,19H,8-9H2,1H3/t13-,14-/m0/s1. The summed E-state index contributed by atoms with van der Waals surface area (Å²) < 4.78 is 0. The molecule has 2 heterocycles. The van der Waals surface area contributed by atoms with Crippen LogP contribution in [0.15, 0.2) is 36.5 Å². The lowest BCUT2D eigenvalue weighted by atomic mass is 10.1. The van der Waals surface area contributed by atoms with E-state index in [1.165, 1.54) is 0 Å². The van der Waals surface area contributed by atoms with E-state index in [1.54, 1.807) is 24.2 Å². The topological polar surface area (TPSA) is 65.5 Å². The molecule has 1 saturated heterocycles. The molecule has 5 heteroatoms. The zero-order valence-corrected chi connectivity index (χ0v) is 11.3. The van der Waals surface area contributed by atoms with Gasteiger partial charge in [0.2, 0.25) is 0 Å². The van der Waals surface area contributed by atoms with Crippen LogP contribution >= 0.6 is 0 Å². The molecular weight excluding hydrogens is 254 g/mol. The highest BCUT2D eigenvalue weighted by molar-refractivity contribution is 6.06. The van der Waals surface area contributed by atoms with Gasteiger partial charge in [-0.1, -0.05) is 12.1 Å². The first-order chi connectivity index (χ1) is 9.68. The van der Waals surface area contributed by atoms with Crippen molar-refractivity contribution in [3.05, 3.63) is 42.1 Å². The van der Waals surface area contributed by atoms with Crippen LogP contribution in [-0.2, 0) is 0 Å². The summed E-state index contributed by atoms with van der Waals surface area (Å²) in [5.41, 5.74) is 1.43. The van der Waals surface area contributed by atoms with Crippen LogP contribution < -0.4 is 5.32 Å². The molecule has 20 heavy (non-hydrogen) atoms. The predicted molar refractivity (Wildman–Crippen MR) is 76.5 cm³/mol. The van der Waals surface area contributed by atoms with Crippen molar-refractivity contribution in [1.82, 2.24) is 15.2 Å². The summed E-state index contributed by atoms with van der Waals surface area (Å²) in [4.78, 5) is 18.5. The fourth-order valence-corrected chi connectivity index (χ4v) is 2.68. The molecular formula is C15H17N3O2. The van der Waals surface area contributed by atoms with Crippen LogP contribution in [0, 0.1) is 0 Å². The highest BCUT2D eigenvalue weighted by Gasteiger charge is 2.31. The third kappa shape index (κ3) is 2.15. The largest absolute Gasteiger partial charge is 0.390 e. The summed E-state index contributed by atoms with van der Waals surface area (Å²) in [6.07, 6.45) is 1.20. The lowest BCUT2D eigenvalue weighted by Crippen LogP contribution is -2.44. The van der Waals surface area contributed by atoms with Gasteiger partial charge in [-0.3, -0.25) is 9.78 Å². The van der Waals surface area contributed by atoms with E-state index in [4.69, 9.17) is 0 Å². The number of β-amino-alcohol motifs (C(OH)–C–C–N with tert-alkyl or cyclic N) is 1. The van der Waals surface area contributed by atoms with Crippen molar-refractivity contribution in [1.29, 1.82) is 0 Å². The molecule has 1 amide bonds. The Morgan fingerprint density at radius 3 is 2.95 bits per heavy atom. The number of aromatic nitrogens is 1. The Bertz CT molecular complexity index is 639. The van der Waals surface area contributed by atoms with Crippen molar-refractivity contribution in [2.24, 2.45) is 0 Å². The van der Waals surface area contributed by atoms with Crippen LogP contribution in [0.1, 0.15) is 10.4 Å². The number of hydrogen-bond acceptors (Lipinski definition) is 4. The molecule has 2 N–H and O–H groups in total. The van der Waals surface area contributed by atoms with Crippen molar-refractivity contribution < 1.29 is 9.90 Å². The van der Waals surface area contributed by atoms with Gasteiger partial charge < -0.3 is 15.3 Å². The van der Waals surface area contributed by atoms with Crippen molar-refractivity contribution in [2.45, 2.75) is 12.1 Å². The molecule has 104 valence electrons. The van der Waals surface area contributed by atoms with E-state index in [9.17, 15) is 9.90 Å². The zero-order valence-electron chi connectivity index (χ0n) is 11.3. The van der Waals surface area contributed by atoms with Gasteiger partial charge >= 0.3 is 0 Å². The van der Waals surface area contributed by atoms with E-state index in [-0.39, 0.29) is 11.9 Å². The number of carbonyl (C=O) groups excluding carboxylic acids is 1. The molecule has 5 nitrogen and oxygen atoms in total. The Labute approximate surface area is 117 Å². The molecule has 2 aromatic rings. The Hall–Kier alpha value is -1.98. The number of pyridine rings is 1. The summed E-state index contributed by atoms with van der Waals surface area (Å²) in [6, 6.07) is 9.06. The molecule has 2 atom stereocenters. The van der Waals surface area contributed by atoms with Crippen molar-refractivity contribution in [3.63, 3.8) is 0 Å². The number of likely N-dealkylation sites (N-methyl/N-ethyl adjacent to an activating group) is 1. The van der Waals surface area contributed by atoms with E-state index in [2.05, 4.69) is 10.3 Å². The maximum absolute atomic E-state index is 12.7. The Morgan fingerprint density at radius 1 is 1.35 bits per heavy atom. The maximum Gasteiger partial charge on any atom is 0.254 e. The first-order valence-corrected chi connectivity index (χ1v) is 6.68. The molecule has 1 aromatic carbocycles. The quantitative estimate of drug-likeness (QED) is 0.841. The monoisotopic (exact) mass is 271 g/mol. The van der Waals surface area contributed by atoms with E-state index in [0.717, 1.165) is 10.9 Å². The van der Waals surface area contributed by atoms with Crippen molar-refractivity contribution >= 4 is 16.8 Å². The molecule has 0 unspecified atom stereocenters. The molecule has 3 rings (SSSR count). The molecule has 1 aromatic heterocycles. The molecule has 0 radical (unpaired) electrons. The fourth-order valence-electron chi connectivity index (χ4n) is 2.68. The minimum absolute atomic E-state index is 0.0867. The zero-order chi connectivity index (χ0) is 14.1. The number of aliphatic hydroxyl groups excluding tert-OH is 1. The summed E-state index contributed by atoms with van der Waals surface area (Å²) in [6.45, 7) is 1.14. The van der Waals surface area contributed by atoms with Gasteiger partial charge in [0.15, 0.2) is 0 Å². The molecule has 0 aliphatic carbocycles. The molecule has 1 aliphatic rings. The fraction of sp³-hybridized carbons (Fsp3) is 0.333. The smallest absolute Gasteiger partial charge is 0.254 e. The second kappa shape index (κ2) is 5.19.